The van der Waals surface area contributed by atoms with E-state index in [9.17, 15) is 0 Å². The summed E-state index contributed by atoms with van der Waals surface area (Å²) in [4.78, 5) is 2.12. The minimum absolute atomic E-state index is 0.138. The summed E-state index contributed by atoms with van der Waals surface area (Å²) < 4.78 is 5.99. The SMILES string of the molecule is COc1cc([Se]C#N)ccc1N. The first-order valence-corrected chi connectivity index (χ1v) is 4.98. The van der Waals surface area contributed by atoms with Gasteiger partial charge in [-0.15, -0.1) is 0 Å². The topological polar surface area (TPSA) is 59.0 Å². The molecule has 0 aromatic heterocycles. The van der Waals surface area contributed by atoms with Gasteiger partial charge in [-0.1, -0.05) is 0 Å². The van der Waals surface area contributed by atoms with E-state index in [-0.39, 0.29) is 15.0 Å². The summed E-state index contributed by atoms with van der Waals surface area (Å²) in [6, 6.07) is 5.41. The Kier molecular flexibility index (Phi) is 2.98. The van der Waals surface area contributed by atoms with E-state index < -0.39 is 0 Å². The quantitative estimate of drug-likeness (QED) is 0.575. The summed E-state index contributed by atoms with van der Waals surface area (Å²) in [5, 5.41) is 8.46. The summed E-state index contributed by atoms with van der Waals surface area (Å²) in [6.45, 7) is 0. The average Bonchev–Trinajstić information content (AvgIpc) is 2.09. The summed E-state index contributed by atoms with van der Waals surface area (Å²) in [7, 11) is 1.56. The molecule has 0 unspecified atom stereocenters. The zero-order valence-corrected chi connectivity index (χ0v) is 8.29. The molecule has 1 aromatic rings. The van der Waals surface area contributed by atoms with Gasteiger partial charge in [-0.2, -0.15) is 0 Å². The van der Waals surface area contributed by atoms with Crippen LogP contribution in [0.5, 0.6) is 5.75 Å². The Bertz CT molecular complexity index is 319. The standard InChI is InChI=1S/C8H8N2OSe/c1-11-8-4-6(12-5-9)2-3-7(8)10/h2-4H,10H2,1H3. The van der Waals surface area contributed by atoms with Gasteiger partial charge < -0.3 is 0 Å². The van der Waals surface area contributed by atoms with Crippen molar-refractivity contribution in [3.8, 4) is 10.7 Å². The van der Waals surface area contributed by atoms with Crippen LogP contribution in [-0.4, -0.2) is 22.1 Å². The van der Waals surface area contributed by atoms with Gasteiger partial charge in [0.05, 0.1) is 0 Å². The number of rotatable bonds is 2. The molecule has 0 heterocycles. The summed E-state index contributed by atoms with van der Waals surface area (Å²) in [5.74, 6) is 0.643. The molecule has 0 fully saturated rings. The van der Waals surface area contributed by atoms with E-state index in [0.29, 0.717) is 11.4 Å². The Hall–Kier alpha value is -1.17. The zero-order valence-electron chi connectivity index (χ0n) is 6.57. The normalized spacial score (nSPS) is 9.00. The number of benzene rings is 1. The molecule has 0 saturated carbocycles. The number of methoxy groups -OCH3 is 1. The fourth-order valence-electron chi connectivity index (χ4n) is 0.808. The van der Waals surface area contributed by atoms with Gasteiger partial charge in [-0.05, 0) is 0 Å². The molecular formula is C8H8N2OSe. The number of nitrogens with two attached hydrogens (primary N) is 1. The van der Waals surface area contributed by atoms with Gasteiger partial charge in [-0.25, -0.2) is 0 Å². The van der Waals surface area contributed by atoms with Crippen LogP contribution in [0.3, 0.4) is 0 Å². The van der Waals surface area contributed by atoms with Crippen LogP contribution < -0.4 is 14.9 Å². The molecule has 0 aliphatic carbocycles. The first-order valence-electron chi connectivity index (χ1n) is 3.27. The van der Waals surface area contributed by atoms with Gasteiger partial charge in [0.1, 0.15) is 0 Å². The molecule has 12 heavy (non-hydrogen) atoms. The first kappa shape index (κ1) is 8.92. The Balaban J connectivity index is 2.98. The molecule has 0 bridgehead atoms. The summed E-state index contributed by atoms with van der Waals surface area (Å²) in [6.07, 6.45) is 0. The van der Waals surface area contributed by atoms with Gasteiger partial charge in [0.25, 0.3) is 0 Å². The van der Waals surface area contributed by atoms with Crippen molar-refractivity contribution in [3.05, 3.63) is 18.2 Å². The van der Waals surface area contributed by atoms with E-state index in [1.165, 1.54) is 0 Å². The Morgan fingerprint density at radius 2 is 2.33 bits per heavy atom. The third kappa shape index (κ3) is 1.91. The van der Waals surface area contributed by atoms with Crippen molar-refractivity contribution >= 4 is 25.1 Å². The third-order valence-corrected chi connectivity index (χ3v) is 2.59. The number of hydrogen-bond acceptors (Lipinski definition) is 3. The third-order valence-electron chi connectivity index (χ3n) is 1.37. The van der Waals surface area contributed by atoms with Crippen molar-refractivity contribution in [3.63, 3.8) is 0 Å². The molecule has 0 aliphatic rings. The van der Waals surface area contributed by atoms with Gasteiger partial charge in [-0.3, -0.25) is 0 Å². The van der Waals surface area contributed by atoms with Crippen LogP contribution in [-0.2, 0) is 0 Å². The fraction of sp³-hybridized carbons (Fsp3) is 0.125. The van der Waals surface area contributed by atoms with Crippen molar-refractivity contribution in [2.75, 3.05) is 12.8 Å². The van der Waals surface area contributed by atoms with Crippen molar-refractivity contribution in [2.45, 2.75) is 0 Å². The second-order valence-corrected chi connectivity index (χ2v) is 3.90. The van der Waals surface area contributed by atoms with Crippen molar-refractivity contribution < 1.29 is 4.74 Å². The molecule has 4 heteroatoms. The van der Waals surface area contributed by atoms with Crippen molar-refractivity contribution in [1.29, 1.82) is 5.26 Å². The van der Waals surface area contributed by atoms with E-state index in [1.54, 1.807) is 19.2 Å². The molecule has 0 spiro atoms. The van der Waals surface area contributed by atoms with E-state index >= 15 is 0 Å². The average molecular weight is 227 g/mol. The molecule has 1 rings (SSSR count). The van der Waals surface area contributed by atoms with Crippen LogP contribution in [0.15, 0.2) is 18.2 Å². The van der Waals surface area contributed by atoms with Gasteiger partial charge >= 0.3 is 76.9 Å². The first-order chi connectivity index (χ1) is 5.77. The number of hydrogen-bond donors (Lipinski definition) is 1. The number of anilines is 1. The Morgan fingerprint density at radius 3 is 2.92 bits per heavy atom. The molecule has 3 nitrogen and oxygen atoms in total. The predicted octanol–water partition coefficient (Wildman–Crippen LogP) is 0.0880. The minimum atomic E-state index is -0.138. The Labute approximate surface area is 77.3 Å². The van der Waals surface area contributed by atoms with Crippen LogP contribution in [0.25, 0.3) is 0 Å². The number of nitriles is 1. The maximum absolute atomic E-state index is 8.46. The van der Waals surface area contributed by atoms with E-state index in [2.05, 4.69) is 4.97 Å². The number of nitrogen functional groups attached to an aromatic ring is 1. The van der Waals surface area contributed by atoms with Gasteiger partial charge in [0.2, 0.25) is 0 Å². The molecule has 0 radical (unpaired) electrons. The van der Waals surface area contributed by atoms with Crippen LogP contribution >= 0.6 is 0 Å². The van der Waals surface area contributed by atoms with Crippen molar-refractivity contribution in [2.24, 2.45) is 0 Å². The van der Waals surface area contributed by atoms with Gasteiger partial charge in [0.15, 0.2) is 0 Å². The molecule has 2 N–H and O–H groups in total. The van der Waals surface area contributed by atoms with Crippen LogP contribution in [0.1, 0.15) is 0 Å². The number of ether oxygens (including phenoxy) is 1. The second kappa shape index (κ2) is 4.01. The van der Waals surface area contributed by atoms with E-state index in [4.69, 9.17) is 15.7 Å². The molecule has 0 amide bonds. The van der Waals surface area contributed by atoms with E-state index in [0.717, 1.165) is 4.46 Å². The molecule has 0 atom stereocenters. The molecule has 1 aromatic carbocycles. The molecule has 0 aliphatic heterocycles. The van der Waals surface area contributed by atoms with Crippen LogP contribution in [0, 0.1) is 10.2 Å². The molecule has 62 valence electrons. The van der Waals surface area contributed by atoms with Crippen LogP contribution in [0.4, 0.5) is 5.69 Å². The maximum atomic E-state index is 8.46. The number of nitrogens with zero attached hydrogens (tertiary/aromatic N) is 1. The monoisotopic (exact) mass is 228 g/mol. The summed E-state index contributed by atoms with van der Waals surface area (Å²) >= 11 is -0.138. The molecular weight excluding hydrogens is 219 g/mol. The summed E-state index contributed by atoms with van der Waals surface area (Å²) in [5.41, 5.74) is 6.20. The van der Waals surface area contributed by atoms with E-state index in [1.807, 2.05) is 6.07 Å². The predicted molar refractivity (Wildman–Crippen MR) is 48.4 cm³/mol. The Morgan fingerprint density at radius 1 is 1.58 bits per heavy atom. The van der Waals surface area contributed by atoms with Gasteiger partial charge in [0, 0.05) is 0 Å². The van der Waals surface area contributed by atoms with Crippen molar-refractivity contribution in [1.82, 2.24) is 0 Å². The second-order valence-electron chi connectivity index (χ2n) is 2.10. The fourth-order valence-corrected chi connectivity index (χ4v) is 1.66. The zero-order chi connectivity index (χ0) is 8.97. The molecule has 0 saturated heterocycles. The van der Waals surface area contributed by atoms with Crippen LogP contribution in [0.2, 0.25) is 0 Å².